The van der Waals surface area contributed by atoms with Crippen LogP contribution in [0.4, 0.5) is 5.69 Å². The zero-order valence-corrected chi connectivity index (χ0v) is 19.4. The van der Waals surface area contributed by atoms with Gasteiger partial charge in [-0.3, -0.25) is 4.79 Å². The molecular formula is C22H20INO2S2. The topological polar surface area (TPSA) is 29.5 Å². The second-order valence-corrected chi connectivity index (χ2v) is 8.67. The smallest absolute Gasteiger partial charge is 0.205 e. The lowest BCUT2D eigenvalue weighted by Gasteiger charge is -2.34. The molecule has 0 radical (unpaired) electrons. The molecule has 0 saturated carbocycles. The molecule has 3 rings (SSSR count). The first-order valence-electron chi connectivity index (χ1n) is 8.66. The molecule has 28 heavy (non-hydrogen) atoms. The summed E-state index contributed by atoms with van der Waals surface area (Å²) < 4.78 is 5.39. The van der Waals surface area contributed by atoms with E-state index in [0.717, 1.165) is 33.2 Å². The van der Waals surface area contributed by atoms with Crippen molar-refractivity contribution in [1.29, 1.82) is 0 Å². The minimum absolute atomic E-state index is 0.0977. The van der Waals surface area contributed by atoms with Crippen LogP contribution in [0.2, 0.25) is 0 Å². The molecule has 2 aromatic rings. The van der Waals surface area contributed by atoms with Gasteiger partial charge in [0.25, 0.3) is 0 Å². The van der Waals surface area contributed by atoms with Gasteiger partial charge in [0.1, 0.15) is 15.0 Å². The van der Waals surface area contributed by atoms with Crippen LogP contribution in [-0.2, 0) is 4.79 Å². The number of rotatable bonds is 6. The van der Waals surface area contributed by atoms with E-state index in [4.69, 9.17) is 4.18 Å². The van der Waals surface area contributed by atoms with Crippen molar-refractivity contribution in [3.63, 3.8) is 0 Å². The summed E-state index contributed by atoms with van der Waals surface area (Å²) in [6, 6.07) is 15.7. The summed E-state index contributed by atoms with van der Waals surface area (Å²) in [6.07, 6.45) is 5.62. The second kappa shape index (κ2) is 9.71. The molecule has 1 atom stereocenters. The Labute approximate surface area is 186 Å². The minimum atomic E-state index is -0.325. The van der Waals surface area contributed by atoms with Crippen molar-refractivity contribution in [3.8, 4) is 5.75 Å². The summed E-state index contributed by atoms with van der Waals surface area (Å²) in [5.74, 6) is 0.445. The van der Waals surface area contributed by atoms with Gasteiger partial charge in [-0.15, -0.1) is 0 Å². The Bertz CT molecular complexity index is 938. The predicted molar refractivity (Wildman–Crippen MR) is 129 cm³/mol. The number of thioether (sulfide) groups is 1. The van der Waals surface area contributed by atoms with Gasteiger partial charge in [0.2, 0.25) is 5.12 Å². The average molecular weight is 521 g/mol. The Balaban J connectivity index is 1.96. The first-order valence-corrected chi connectivity index (χ1v) is 12.8. The van der Waals surface area contributed by atoms with Crippen molar-refractivity contribution in [2.45, 2.75) is 17.7 Å². The summed E-state index contributed by atoms with van der Waals surface area (Å²) >= 11 is 3.34. The van der Waals surface area contributed by atoms with Crippen LogP contribution >= 0.6 is 42.2 Å². The van der Waals surface area contributed by atoms with Gasteiger partial charge < -0.3 is 9.08 Å². The van der Waals surface area contributed by atoms with Crippen molar-refractivity contribution in [1.82, 2.24) is 0 Å². The lowest BCUT2D eigenvalue weighted by Crippen LogP contribution is -2.27. The fourth-order valence-electron chi connectivity index (χ4n) is 3.20. The van der Waals surface area contributed by atoms with Crippen LogP contribution in [0.25, 0.3) is 0 Å². The maximum absolute atomic E-state index is 13.4. The molecule has 0 bridgehead atoms. The van der Waals surface area contributed by atoms with Crippen molar-refractivity contribution in [2.75, 3.05) is 11.9 Å². The molecule has 144 valence electrons. The molecule has 1 unspecified atom stereocenters. The van der Waals surface area contributed by atoms with Crippen LogP contribution < -0.4 is 9.08 Å². The molecule has 6 heteroatoms. The molecule has 0 spiro atoms. The van der Waals surface area contributed by atoms with E-state index in [1.165, 1.54) is 21.0 Å². The molecule has 1 aliphatic rings. The molecule has 2 aromatic carbocycles. The van der Waals surface area contributed by atoms with Crippen molar-refractivity contribution in [3.05, 3.63) is 90.2 Å². The second-order valence-electron chi connectivity index (χ2n) is 6.23. The maximum Gasteiger partial charge on any atom is 0.205 e. The number of para-hydroxylation sites is 1. The van der Waals surface area contributed by atoms with E-state index in [1.54, 1.807) is 6.08 Å². The van der Waals surface area contributed by atoms with Crippen LogP contribution in [0.15, 0.2) is 89.5 Å². The maximum atomic E-state index is 13.4. The highest BCUT2D eigenvalue weighted by molar-refractivity contribution is 14.2. The third kappa shape index (κ3) is 4.50. The molecule has 1 heterocycles. The number of hydrogen-bond acceptors (Lipinski definition) is 5. The summed E-state index contributed by atoms with van der Waals surface area (Å²) in [6.45, 7) is 5.82. The molecule has 0 aromatic heterocycles. The number of benzene rings is 2. The Morgan fingerprint density at radius 3 is 2.61 bits per heavy atom. The fourth-order valence-corrected chi connectivity index (χ4v) is 4.89. The van der Waals surface area contributed by atoms with Crippen molar-refractivity contribution >= 4 is 53.0 Å². The van der Waals surface area contributed by atoms with Gasteiger partial charge in [-0.05, 0) is 48.4 Å². The zero-order chi connectivity index (χ0) is 20.1. The van der Waals surface area contributed by atoms with E-state index in [0.29, 0.717) is 0 Å². The number of carbonyl (C=O) groups excluding carboxylic acids is 1. The molecular weight excluding hydrogens is 501 g/mol. The van der Waals surface area contributed by atoms with E-state index < -0.39 is 0 Å². The van der Waals surface area contributed by atoms with Crippen LogP contribution in [0, 0.1) is 0 Å². The molecule has 0 amide bonds. The van der Waals surface area contributed by atoms with Gasteiger partial charge in [0.15, 0.2) is 0 Å². The minimum Gasteiger partial charge on any atom is -0.415 e. The third-order valence-corrected chi connectivity index (χ3v) is 6.40. The number of allylic oxidation sites excluding steroid dienone is 5. The van der Waals surface area contributed by atoms with Crippen LogP contribution in [0.5, 0.6) is 5.75 Å². The summed E-state index contributed by atoms with van der Waals surface area (Å²) in [5, 5.41) is 0.0977. The Morgan fingerprint density at radius 2 is 1.93 bits per heavy atom. The van der Waals surface area contributed by atoms with E-state index in [1.807, 2.05) is 61.7 Å². The fraction of sp³-hybridized carbons (Fsp3) is 0.136. The quantitative estimate of drug-likeness (QED) is 0.178. The molecule has 0 N–H and O–H groups in total. The van der Waals surface area contributed by atoms with Crippen molar-refractivity contribution in [2.24, 2.45) is 0 Å². The van der Waals surface area contributed by atoms with E-state index >= 15 is 0 Å². The average Bonchev–Trinajstić information content (AvgIpc) is 2.71. The Morgan fingerprint density at radius 1 is 1.21 bits per heavy atom. The lowest BCUT2D eigenvalue weighted by molar-refractivity contribution is -0.111. The van der Waals surface area contributed by atoms with E-state index in [9.17, 15) is 4.79 Å². The highest BCUT2D eigenvalue weighted by Crippen LogP contribution is 2.44. The van der Waals surface area contributed by atoms with Gasteiger partial charge in [0, 0.05) is 44.5 Å². The highest BCUT2D eigenvalue weighted by Gasteiger charge is 2.33. The Kier molecular flexibility index (Phi) is 7.31. The monoisotopic (exact) mass is 521 g/mol. The van der Waals surface area contributed by atoms with Crippen LogP contribution in [0.3, 0.4) is 0 Å². The Hall–Kier alpha value is -1.64. The molecule has 0 fully saturated rings. The summed E-state index contributed by atoms with van der Waals surface area (Å²) in [4.78, 5) is 16.4. The van der Waals surface area contributed by atoms with Gasteiger partial charge in [-0.1, -0.05) is 54.8 Å². The van der Waals surface area contributed by atoms with E-state index in [2.05, 4.69) is 45.7 Å². The lowest BCUT2D eigenvalue weighted by atomic mass is 9.85. The first-order chi connectivity index (χ1) is 13.6. The molecule has 0 aliphatic carbocycles. The largest absolute Gasteiger partial charge is 0.415 e. The third-order valence-electron chi connectivity index (χ3n) is 4.66. The standard InChI is InChI=1S/C22H20INO2S2/c1-4-5-8-18-15(2)24(3)20-10-7-6-9-19(20)21(18)22(25)27-17-13-11-16(12-14-17)26-28-23/h4-14,21H,1H2,2-3H3/b8-5-. The van der Waals surface area contributed by atoms with Gasteiger partial charge in [-0.25, -0.2) is 0 Å². The van der Waals surface area contributed by atoms with E-state index in [-0.39, 0.29) is 11.0 Å². The number of nitrogens with zero attached hydrogens (tertiary/aromatic N) is 1. The van der Waals surface area contributed by atoms with Gasteiger partial charge in [-0.2, -0.15) is 0 Å². The predicted octanol–water partition coefficient (Wildman–Crippen LogP) is 6.93. The van der Waals surface area contributed by atoms with Crippen molar-refractivity contribution < 1.29 is 8.98 Å². The van der Waals surface area contributed by atoms with Gasteiger partial charge in [0.05, 0.1) is 5.92 Å². The van der Waals surface area contributed by atoms with Gasteiger partial charge >= 0.3 is 0 Å². The SMILES string of the molecule is C=C/C=C\C1=C(C)N(C)c2ccccc2C1C(=O)Sc1ccc(OSI)cc1. The number of hydrogen-bond donors (Lipinski definition) is 0. The highest BCUT2D eigenvalue weighted by atomic mass is 127. The first kappa shape index (κ1) is 21.1. The molecule has 3 nitrogen and oxygen atoms in total. The molecule has 1 aliphatic heterocycles. The zero-order valence-electron chi connectivity index (χ0n) is 15.6. The molecule has 0 saturated heterocycles. The van der Waals surface area contributed by atoms with Crippen LogP contribution in [0.1, 0.15) is 18.4 Å². The van der Waals surface area contributed by atoms with Crippen LogP contribution in [-0.4, -0.2) is 12.2 Å². The normalized spacial score (nSPS) is 16.2. The summed E-state index contributed by atoms with van der Waals surface area (Å²) in [5.41, 5.74) is 4.16. The number of halogens is 1. The number of carbonyl (C=O) groups is 1. The number of anilines is 1. The summed E-state index contributed by atoms with van der Waals surface area (Å²) in [7, 11) is 3.30. The number of fused-ring (bicyclic) bond motifs is 1.